The van der Waals surface area contributed by atoms with E-state index in [1.807, 2.05) is 0 Å². The van der Waals surface area contributed by atoms with Crippen molar-refractivity contribution >= 4 is 11.6 Å². The molecule has 0 atom stereocenters. The van der Waals surface area contributed by atoms with E-state index in [2.05, 4.69) is 5.32 Å². The average molecular weight is 310 g/mol. The van der Waals surface area contributed by atoms with Crippen molar-refractivity contribution in [2.24, 2.45) is 0 Å². The van der Waals surface area contributed by atoms with Crippen molar-refractivity contribution < 1.29 is 13.5 Å². The normalized spacial score (nSPS) is 14.2. The molecule has 0 bridgehead atoms. The minimum Gasteiger partial charge on any atom is -0.457 e. The topological polar surface area (TPSA) is 21.3 Å². The van der Waals surface area contributed by atoms with Crippen LogP contribution >= 0.6 is 11.6 Å². The van der Waals surface area contributed by atoms with Gasteiger partial charge in [-0.15, -0.1) is 0 Å². The Bertz CT molecular complexity index is 659. The molecule has 1 saturated carbocycles. The van der Waals surface area contributed by atoms with Gasteiger partial charge in [-0.1, -0.05) is 11.6 Å². The summed E-state index contributed by atoms with van der Waals surface area (Å²) in [6.45, 7) is 0.600. The third kappa shape index (κ3) is 3.93. The third-order valence-corrected chi connectivity index (χ3v) is 3.52. The van der Waals surface area contributed by atoms with E-state index in [1.165, 1.54) is 43.2 Å². The van der Waals surface area contributed by atoms with Crippen LogP contribution in [-0.4, -0.2) is 6.04 Å². The minimum atomic E-state index is -0.516. The average Bonchev–Trinajstić information content (AvgIpc) is 3.24. The zero-order valence-corrected chi connectivity index (χ0v) is 12.0. The minimum absolute atomic E-state index is 0.0282. The van der Waals surface area contributed by atoms with Gasteiger partial charge in [0.15, 0.2) is 0 Å². The lowest BCUT2D eigenvalue weighted by Crippen LogP contribution is -2.15. The monoisotopic (exact) mass is 309 g/mol. The van der Waals surface area contributed by atoms with Crippen molar-refractivity contribution in [3.63, 3.8) is 0 Å². The molecular weight excluding hydrogens is 296 g/mol. The first-order valence-corrected chi connectivity index (χ1v) is 7.14. The SMILES string of the molecule is Fc1cc(CNC2CC2)cc(Oc2ccc(F)c(Cl)c2)c1. The quantitative estimate of drug-likeness (QED) is 0.867. The molecule has 3 rings (SSSR count). The van der Waals surface area contributed by atoms with Crippen LogP contribution in [0.4, 0.5) is 8.78 Å². The zero-order chi connectivity index (χ0) is 14.8. The lowest BCUT2D eigenvalue weighted by molar-refractivity contribution is 0.473. The predicted octanol–water partition coefficient (Wildman–Crippen LogP) is 4.66. The standard InChI is InChI=1S/C16H14ClF2NO/c17-15-8-13(3-4-16(15)19)21-14-6-10(5-11(18)7-14)9-20-12-1-2-12/h3-8,12,20H,1-2,9H2. The molecule has 5 heteroatoms. The molecule has 1 N–H and O–H groups in total. The molecule has 21 heavy (non-hydrogen) atoms. The summed E-state index contributed by atoms with van der Waals surface area (Å²) < 4.78 is 32.3. The summed E-state index contributed by atoms with van der Waals surface area (Å²) in [5.74, 6) is -0.149. The smallest absolute Gasteiger partial charge is 0.142 e. The molecule has 2 aromatic rings. The molecule has 1 aliphatic rings. The van der Waals surface area contributed by atoms with Gasteiger partial charge >= 0.3 is 0 Å². The van der Waals surface area contributed by atoms with Crippen LogP contribution in [0, 0.1) is 11.6 Å². The molecule has 2 aromatic carbocycles. The second kappa shape index (κ2) is 6.00. The van der Waals surface area contributed by atoms with E-state index in [9.17, 15) is 8.78 Å². The Morgan fingerprint density at radius 2 is 1.90 bits per heavy atom. The largest absolute Gasteiger partial charge is 0.457 e. The van der Waals surface area contributed by atoms with Gasteiger partial charge in [-0.25, -0.2) is 8.78 Å². The molecule has 2 nitrogen and oxygen atoms in total. The lowest BCUT2D eigenvalue weighted by Gasteiger charge is -2.09. The van der Waals surface area contributed by atoms with E-state index >= 15 is 0 Å². The number of nitrogens with one attached hydrogen (secondary N) is 1. The van der Waals surface area contributed by atoms with Gasteiger partial charge in [-0.3, -0.25) is 0 Å². The molecule has 0 unspecified atom stereocenters. The second-order valence-electron chi connectivity index (χ2n) is 5.13. The van der Waals surface area contributed by atoms with Crippen LogP contribution in [0.2, 0.25) is 5.02 Å². The molecule has 110 valence electrons. The van der Waals surface area contributed by atoms with Crippen LogP contribution in [-0.2, 0) is 6.54 Å². The Balaban J connectivity index is 1.75. The maximum absolute atomic E-state index is 13.6. The number of benzene rings is 2. The predicted molar refractivity (Wildman–Crippen MR) is 77.7 cm³/mol. The van der Waals surface area contributed by atoms with E-state index < -0.39 is 5.82 Å². The highest BCUT2D eigenvalue weighted by Gasteiger charge is 2.20. The summed E-state index contributed by atoms with van der Waals surface area (Å²) >= 11 is 5.70. The van der Waals surface area contributed by atoms with Crippen LogP contribution in [0.15, 0.2) is 36.4 Å². The van der Waals surface area contributed by atoms with Crippen molar-refractivity contribution in [2.75, 3.05) is 0 Å². The first-order chi connectivity index (χ1) is 10.1. The van der Waals surface area contributed by atoms with E-state index in [-0.39, 0.29) is 10.8 Å². The molecule has 1 fully saturated rings. The number of hydrogen-bond acceptors (Lipinski definition) is 2. The van der Waals surface area contributed by atoms with Crippen molar-refractivity contribution in [1.82, 2.24) is 5.32 Å². The fourth-order valence-corrected chi connectivity index (χ4v) is 2.18. The third-order valence-electron chi connectivity index (χ3n) is 3.23. The summed E-state index contributed by atoms with van der Waals surface area (Å²) in [4.78, 5) is 0. The highest BCUT2D eigenvalue weighted by Crippen LogP contribution is 2.27. The van der Waals surface area contributed by atoms with E-state index in [1.54, 1.807) is 6.07 Å². The van der Waals surface area contributed by atoms with Gasteiger partial charge in [0.2, 0.25) is 0 Å². The Labute approximate surface area is 126 Å². The Kier molecular flexibility index (Phi) is 4.08. The Hall–Kier alpha value is -1.65. The van der Waals surface area contributed by atoms with Gasteiger partial charge in [-0.05, 0) is 42.7 Å². The van der Waals surface area contributed by atoms with Crippen molar-refractivity contribution in [3.05, 3.63) is 58.6 Å². The van der Waals surface area contributed by atoms with Crippen molar-refractivity contribution in [1.29, 1.82) is 0 Å². The summed E-state index contributed by atoms with van der Waals surface area (Å²) in [7, 11) is 0. The fraction of sp³-hybridized carbons (Fsp3) is 0.250. The summed E-state index contributed by atoms with van der Waals surface area (Å²) in [5.41, 5.74) is 0.810. The maximum atomic E-state index is 13.6. The lowest BCUT2D eigenvalue weighted by atomic mass is 10.2. The van der Waals surface area contributed by atoms with Crippen LogP contribution in [0.1, 0.15) is 18.4 Å². The van der Waals surface area contributed by atoms with E-state index in [0.29, 0.717) is 24.1 Å². The first kappa shape index (κ1) is 14.3. The van der Waals surface area contributed by atoms with Crippen molar-refractivity contribution in [3.8, 4) is 11.5 Å². The Morgan fingerprint density at radius 3 is 2.62 bits per heavy atom. The summed E-state index contributed by atoms with van der Waals surface area (Å²) in [6, 6.07) is 9.10. The number of hydrogen-bond donors (Lipinski definition) is 1. The van der Waals surface area contributed by atoms with Gasteiger partial charge in [-0.2, -0.15) is 0 Å². The summed E-state index contributed by atoms with van der Waals surface area (Å²) in [5, 5.41) is 3.29. The fourth-order valence-electron chi connectivity index (χ4n) is 2.01. The second-order valence-corrected chi connectivity index (χ2v) is 5.54. The molecule has 0 radical (unpaired) electrons. The number of ether oxygens (including phenoxy) is 1. The van der Waals surface area contributed by atoms with Crippen LogP contribution in [0.3, 0.4) is 0 Å². The Morgan fingerprint density at radius 1 is 1.10 bits per heavy atom. The maximum Gasteiger partial charge on any atom is 0.142 e. The van der Waals surface area contributed by atoms with Gasteiger partial charge in [0, 0.05) is 24.7 Å². The van der Waals surface area contributed by atoms with Crippen molar-refractivity contribution in [2.45, 2.75) is 25.4 Å². The van der Waals surface area contributed by atoms with Crippen LogP contribution < -0.4 is 10.1 Å². The molecule has 0 aliphatic heterocycles. The molecule has 0 heterocycles. The van der Waals surface area contributed by atoms with E-state index in [4.69, 9.17) is 16.3 Å². The van der Waals surface area contributed by atoms with Crippen LogP contribution in [0.5, 0.6) is 11.5 Å². The van der Waals surface area contributed by atoms with Gasteiger partial charge in [0.25, 0.3) is 0 Å². The highest BCUT2D eigenvalue weighted by atomic mass is 35.5. The van der Waals surface area contributed by atoms with E-state index in [0.717, 1.165) is 5.56 Å². The van der Waals surface area contributed by atoms with Gasteiger partial charge in [0.05, 0.1) is 5.02 Å². The summed E-state index contributed by atoms with van der Waals surface area (Å²) in [6.07, 6.45) is 2.35. The van der Waals surface area contributed by atoms with Gasteiger partial charge < -0.3 is 10.1 Å². The molecular formula is C16H14ClF2NO. The molecule has 1 aliphatic carbocycles. The number of rotatable bonds is 5. The molecule has 0 saturated heterocycles. The molecule has 0 aromatic heterocycles. The van der Waals surface area contributed by atoms with Gasteiger partial charge in [0.1, 0.15) is 23.1 Å². The molecule has 0 amide bonds. The zero-order valence-electron chi connectivity index (χ0n) is 11.2. The first-order valence-electron chi connectivity index (χ1n) is 6.76. The number of halogens is 3. The highest BCUT2D eigenvalue weighted by molar-refractivity contribution is 6.30. The molecule has 0 spiro atoms. The van der Waals surface area contributed by atoms with Crippen LogP contribution in [0.25, 0.3) is 0 Å².